The van der Waals surface area contributed by atoms with Gasteiger partial charge in [0.1, 0.15) is 11.2 Å². The normalized spacial score (nSPS) is 11.3. The van der Waals surface area contributed by atoms with Gasteiger partial charge in [-0.2, -0.15) is 0 Å². The maximum Gasteiger partial charge on any atom is 0.136 e. The molecule has 2 aromatic heterocycles. The summed E-state index contributed by atoms with van der Waals surface area (Å²) >= 11 is 0. The average molecular weight is 408 g/mol. The highest BCUT2D eigenvalue weighted by atomic mass is 16.3. The standard InChI is InChI=1S/C27H23NO.C2H6/c1-4-10-22-21(17-18(2)3)26-23(28(22)19-11-6-5-7-12-19)15-16-25-27(26)20-13-8-9-14-24(20)29-25;1-2/h4-17H,1-3H3;1-2H3/b10-4-;. The van der Waals surface area contributed by atoms with E-state index in [-0.39, 0.29) is 0 Å². The molecule has 0 aliphatic heterocycles. The van der Waals surface area contributed by atoms with Gasteiger partial charge < -0.3 is 8.98 Å². The van der Waals surface area contributed by atoms with Gasteiger partial charge in [-0.05, 0) is 57.2 Å². The van der Waals surface area contributed by atoms with Crippen LogP contribution in [0, 0.1) is 0 Å². The Morgan fingerprint density at radius 2 is 1.52 bits per heavy atom. The van der Waals surface area contributed by atoms with Crippen LogP contribution in [0.25, 0.3) is 50.7 Å². The number of hydrogen-bond acceptors (Lipinski definition) is 1. The van der Waals surface area contributed by atoms with E-state index in [1.54, 1.807) is 0 Å². The van der Waals surface area contributed by atoms with Crippen LogP contribution in [0.2, 0.25) is 0 Å². The molecule has 0 fully saturated rings. The zero-order valence-electron chi connectivity index (χ0n) is 18.9. The summed E-state index contributed by atoms with van der Waals surface area (Å²) in [5.41, 5.74) is 7.90. The van der Waals surface area contributed by atoms with Crippen LogP contribution >= 0.6 is 0 Å². The predicted octanol–water partition coefficient (Wildman–Crippen LogP) is 9.01. The SMILES string of the molecule is C/C=C\c1c(C=C(C)C)c2c3c(ccc2n1-c1ccccc1)oc1ccccc13.CC. The summed E-state index contributed by atoms with van der Waals surface area (Å²) in [6.45, 7) is 10.4. The highest BCUT2D eigenvalue weighted by molar-refractivity contribution is 6.21. The summed E-state index contributed by atoms with van der Waals surface area (Å²) in [4.78, 5) is 0. The van der Waals surface area contributed by atoms with E-state index in [4.69, 9.17) is 4.42 Å². The number of rotatable bonds is 3. The highest BCUT2D eigenvalue weighted by Crippen LogP contribution is 2.41. The Kier molecular flexibility index (Phi) is 5.81. The van der Waals surface area contributed by atoms with Crippen LogP contribution in [0.15, 0.2) is 82.8 Å². The average Bonchev–Trinajstić information content (AvgIpc) is 3.31. The van der Waals surface area contributed by atoms with Crippen molar-refractivity contribution in [3.63, 3.8) is 0 Å². The Labute approximate surface area is 184 Å². The van der Waals surface area contributed by atoms with Crippen molar-refractivity contribution in [2.75, 3.05) is 0 Å². The number of furan rings is 1. The molecule has 0 aliphatic carbocycles. The van der Waals surface area contributed by atoms with Crippen molar-refractivity contribution < 1.29 is 4.42 Å². The lowest BCUT2D eigenvalue weighted by molar-refractivity contribution is 0.669. The Hall–Kier alpha value is -3.52. The third kappa shape index (κ3) is 3.48. The first-order valence-electron chi connectivity index (χ1n) is 11.0. The summed E-state index contributed by atoms with van der Waals surface area (Å²) < 4.78 is 8.54. The van der Waals surface area contributed by atoms with Gasteiger partial charge >= 0.3 is 0 Å². The Morgan fingerprint density at radius 3 is 2.23 bits per heavy atom. The van der Waals surface area contributed by atoms with Crippen LogP contribution < -0.4 is 0 Å². The number of benzene rings is 3. The molecule has 5 rings (SSSR count). The van der Waals surface area contributed by atoms with Gasteiger partial charge in [0, 0.05) is 27.4 Å². The third-order valence-corrected chi connectivity index (χ3v) is 5.32. The molecule has 2 heteroatoms. The van der Waals surface area contributed by atoms with Crippen molar-refractivity contribution in [2.24, 2.45) is 0 Å². The van der Waals surface area contributed by atoms with Crippen LogP contribution in [-0.4, -0.2) is 4.57 Å². The van der Waals surface area contributed by atoms with E-state index in [0.29, 0.717) is 0 Å². The second kappa shape index (κ2) is 8.69. The number of nitrogens with zero attached hydrogens (tertiary/aromatic N) is 1. The molecule has 0 saturated heterocycles. The van der Waals surface area contributed by atoms with Gasteiger partial charge in [0.2, 0.25) is 0 Å². The third-order valence-electron chi connectivity index (χ3n) is 5.32. The predicted molar refractivity (Wildman–Crippen MR) is 136 cm³/mol. The molecule has 0 bridgehead atoms. The first-order valence-corrected chi connectivity index (χ1v) is 11.0. The number of fused-ring (bicyclic) bond motifs is 5. The largest absolute Gasteiger partial charge is 0.456 e. The molecule has 2 nitrogen and oxygen atoms in total. The summed E-state index contributed by atoms with van der Waals surface area (Å²) in [5.74, 6) is 0. The van der Waals surface area contributed by atoms with Gasteiger partial charge in [-0.25, -0.2) is 0 Å². The highest BCUT2D eigenvalue weighted by Gasteiger charge is 2.20. The zero-order chi connectivity index (χ0) is 22.0. The van der Waals surface area contributed by atoms with Crippen molar-refractivity contribution in [1.82, 2.24) is 4.57 Å². The molecular weight excluding hydrogens is 378 g/mol. The summed E-state index contributed by atoms with van der Waals surface area (Å²) in [7, 11) is 0. The van der Waals surface area contributed by atoms with Gasteiger partial charge in [-0.1, -0.05) is 68.0 Å². The summed E-state index contributed by atoms with van der Waals surface area (Å²) in [5, 5.41) is 3.59. The number of aromatic nitrogens is 1. The molecule has 0 atom stereocenters. The van der Waals surface area contributed by atoms with Gasteiger partial charge in [0.25, 0.3) is 0 Å². The first-order chi connectivity index (χ1) is 15.2. The van der Waals surface area contributed by atoms with Gasteiger partial charge in [-0.15, -0.1) is 0 Å². The molecule has 0 amide bonds. The second-order valence-corrected chi connectivity index (χ2v) is 7.62. The molecule has 5 aromatic rings. The van der Waals surface area contributed by atoms with Gasteiger partial charge in [0.05, 0.1) is 11.2 Å². The quantitative estimate of drug-likeness (QED) is 0.292. The fourth-order valence-electron chi connectivity index (χ4n) is 4.26. The Balaban J connectivity index is 0.00000112. The van der Waals surface area contributed by atoms with E-state index in [1.807, 2.05) is 26.0 Å². The summed E-state index contributed by atoms with van der Waals surface area (Å²) in [6, 6.07) is 23.2. The van der Waals surface area contributed by atoms with E-state index in [1.165, 1.54) is 33.1 Å². The van der Waals surface area contributed by atoms with Crippen LogP contribution in [0.1, 0.15) is 45.9 Å². The molecule has 0 N–H and O–H groups in total. The molecule has 156 valence electrons. The lowest BCUT2D eigenvalue weighted by atomic mass is 10.0. The van der Waals surface area contributed by atoms with Crippen molar-refractivity contribution in [2.45, 2.75) is 34.6 Å². The van der Waals surface area contributed by atoms with Crippen LogP contribution in [0.5, 0.6) is 0 Å². The fourth-order valence-corrected chi connectivity index (χ4v) is 4.26. The molecule has 0 spiro atoms. The van der Waals surface area contributed by atoms with E-state index in [0.717, 1.165) is 22.2 Å². The molecule has 0 saturated carbocycles. The minimum Gasteiger partial charge on any atom is -0.456 e. The molecule has 2 heterocycles. The van der Waals surface area contributed by atoms with E-state index in [9.17, 15) is 0 Å². The van der Waals surface area contributed by atoms with E-state index >= 15 is 0 Å². The number of hydrogen-bond donors (Lipinski definition) is 0. The van der Waals surface area contributed by atoms with E-state index < -0.39 is 0 Å². The minimum atomic E-state index is 0.929. The van der Waals surface area contributed by atoms with Crippen molar-refractivity contribution >= 4 is 45.0 Å². The molecule has 0 radical (unpaired) electrons. The number of allylic oxidation sites excluding steroid dienone is 2. The minimum absolute atomic E-state index is 0.929. The number of para-hydroxylation sites is 2. The smallest absolute Gasteiger partial charge is 0.136 e. The van der Waals surface area contributed by atoms with Crippen LogP contribution in [0.4, 0.5) is 0 Å². The summed E-state index contributed by atoms with van der Waals surface area (Å²) in [6.07, 6.45) is 6.61. The lowest BCUT2D eigenvalue weighted by Crippen LogP contribution is -1.96. The van der Waals surface area contributed by atoms with Crippen molar-refractivity contribution in [3.05, 3.63) is 89.6 Å². The maximum atomic E-state index is 6.19. The van der Waals surface area contributed by atoms with Gasteiger partial charge in [-0.3, -0.25) is 0 Å². The van der Waals surface area contributed by atoms with Crippen LogP contribution in [0.3, 0.4) is 0 Å². The van der Waals surface area contributed by atoms with Crippen molar-refractivity contribution in [1.29, 1.82) is 0 Å². The van der Waals surface area contributed by atoms with E-state index in [2.05, 4.69) is 98.2 Å². The van der Waals surface area contributed by atoms with Gasteiger partial charge in [0.15, 0.2) is 0 Å². The van der Waals surface area contributed by atoms with Crippen LogP contribution in [-0.2, 0) is 0 Å². The second-order valence-electron chi connectivity index (χ2n) is 7.62. The Bertz CT molecular complexity index is 1410. The molecule has 3 aromatic carbocycles. The maximum absolute atomic E-state index is 6.19. The fraction of sp³-hybridized carbons (Fsp3) is 0.172. The molecular formula is C29H29NO. The molecule has 0 unspecified atom stereocenters. The van der Waals surface area contributed by atoms with Crippen molar-refractivity contribution in [3.8, 4) is 5.69 Å². The molecule has 0 aliphatic rings. The molecule has 31 heavy (non-hydrogen) atoms. The monoisotopic (exact) mass is 407 g/mol. The first kappa shape index (κ1) is 20.7. The Morgan fingerprint density at radius 1 is 0.806 bits per heavy atom. The topological polar surface area (TPSA) is 18.1 Å². The zero-order valence-corrected chi connectivity index (χ0v) is 18.9. The lowest BCUT2D eigenvalue weighted by Gasteiger charge is -2.09.